The van der Waals surface area contributed by atoms with Gasteiger partial charge in [-0.25, -0.2) is 8.78 Å². The zero-order chi connectivity index (χ0) is 13.3. The molecule has 2 rings (SSSR count). The maximum absolute atomic E-state index is 13.2. The van der Waals surface area contributed by atoms with Crippen LogP contribution < -0.4 is 10.5 Å². The van der Waals surface area contributed by atoms with Crippen LogP contribution in [0.4, 0.5) is 14.5 Å². The summed E-state index contributed by atoms with van der Waals surface area (Å²) in [5.74, 6) is -1.68. The molecular formula is C12H7Cl2F2NO. The Kier molecular flexibility index (Phi) is 3.59. The van der Waals surface area contributed by atoms with Gasteiger partial charge in [-0.1, -0.05) is 23.2 Å². The van der Waals surface area contributed by atoms with Crippen LogP contribution in [-0.4, -0.2) is 0 Å². The molecule has 0 saturated carbocycles. The highest BCUT2D eigenvalue weighted by molar-refractivity contribution is 6.34. The smallest absolute Gasteiger partial charge is 0.156 e. The summed E-state index contributed by atoms with van der Waals surface area (Å²) in [6.45, 7) is 0. The number of anilines is 1. The Morgan fingerprint density at radius 3 is 2.44 bits per heavy atom. The molecule has 0 aromatic heterocycles. The van der Waals surface area contributed by atoms with Gasteiger partial charge in [0.25, 0.3) is 0 Å². The highest BCUT2D eigenvalue weighted by atomic mass is 35.5. The van der Waals surface area contributed by atoms with Crippen molar-refractivity contribution in [3.8, 4) is 11.5 Å². The normalized spacial score (nSPS) is 10.4. The van der Waals surface area contributed by atoms with E-state index in [2.05, 4.69) is 0 Å². The molecule has 0 unspecified atom stereocenters. The van der Waals surface area contributed by atoms with Crippen LogP contribution in [-0.2, 0) is 0 Å². The fourth-order valence-corrected chi connectivity index (χ4v) is 1.64. The summed E-state index contributed by atoms with van der Waals surface area (Å²) >= 11 is 11.6. The van der Waals surface area contributed by atoms with Crippen molar-refractivity contribution in [2.24, 2.45) is 0 Å². The summed E-state index contributed by atoms with van der Waals surface area (Å²) in [5.41, 5.74) is 5.15. The van der Waals surface area contributed by atoms with Crippen molar-refractivity contribution in [1.82, 2.24) is 0 Å². The van der Waals surface area contributed by atoms with E-state index in [-0.39, 0.29) is 22.2 Å². The topological polar surface area (TPSA) is 35.2 Å². The Balaban J connectivity index is 2.43. The molecule has 0 aliphatic rings. The lowest BCUT2D eigenvalue weighted by Crippen LogP contribution is -1.97. The molecule has 0 spiro atoms. The third-order valence-corrected chi connectivity index (χ3v) is 2.72. The van der Waals surface area contributed by atoms with Gasteiger partial charge in [0.15, 0.2) is 11.6 Å². The van der Waals surface area contributed by atoms with E-state index < -0.39 is 11.6 Å². The molecule has 0 aliphatic heterocycles. The number of benzene rings is 2. The van der Waals surface area contributed by atoms with Crippen LogP contribution >= 0.6 is 23.2 Å². The lowest BCUT2D eigenvalue weighted by Gasteiger charge is -2.10. The first-order valence-electron chi connectivity index (χ1n) is 4.85. The van der Waals surface area contributed by atoms with Crippen molar-refractivity contribution in [2.45, 2.75) is 0 Å². The van der Waals surface area contributed by atoms with E-state index >= 15 is 0 Å². The average Bonchev–Trinajstić information content (AvgIpc) is 2.30. The van der Waals surface area contributed by atoms with Crippen LogP contribution in [0.3, 0.4) is 0 Å². The second kappa shape index (κ2) is 5.00. The number of hydrogen-bond donors (Lipinski definition) is 1. The third-order valence-electron chi connectivity index (χ3n) is 2.17. The molecule has 0 heterocycles. The molecule has 18 heavy (non-hydrogen) atoms. The largest absolute Gasteiger partial charge is 0.453 e. The van der Waals surface area contributed by atoms with E-state index in [4.69, 9.17) is 33.7 Å². The van der Waals surface area contributed by atoms with Crippen molar-refractivity contribution in [1.29, 1.82) is 0 Å². The molecule has 0 atom stereocenters. The Labute approximate surface area is 112 Å². The van der Waals surface area contributed by atoms with Gasteiger partial charge >= 0.3 is 0 Å². The van der Waals surface area contributed by atoms with Crippen molar-refractivity contribution in [3.63, 3.8) is 0 Å². The third kappa shape index (κ3) is 2.66. The van der Waals surface area contributed by atoms with E-state index in [1.54, 1.807) is 6.07 Å². The standard InChI is InChI=1S/C12H7Cl2F2NO/c13-6-1-2-8(14)10(3-6)18-11-5-7(15)4-9(16)12(11)17/h1-5H,17H2. The lowest BCUT2D eigenvalue weighted by molar-refractivity contribution is 0.472. The summed E-state index contributed by atoms with van der Waals surface area (Å²) in [4.78, 5) is 0. The molecule has 2 nitrogen and oxygen atoms in total. The van der Waals surface area contributed by atoms with Gasteiger partial charge in [0.2, 0.25) is 0 Å². The van der Waals surface area contributed by atoms with Crippen molar-refractivity contribution in [3.05, 3.63) is 52.0 Å². The number of hydrogen-bond acceptors (Lipinski definition) is 2. The predicted octanol–water partition coefficient (Wildman–Crippen LogP) is 4.65. The van der Waals surface area contributed by atoms with Gasteiger partial charge in [-0.15, -0.1) is 0 Å². The highest BCUT2D eigenvalue weighted by Gasteiger charge is 2.12. The van der Waals surface area contributed by atoms with E-state index in [0.717, 1.165) is 6.07 Å². The molecule has 94 valence electrons. The lowest BCUT2D eigenvalue weighted by atomic mass is 10.2. The van der Waals surface area contributed by atoms with Gasteiger partial charge in [0.05, 0.1) is 5.02 Å². The van der Waals surface area contributed by atoms with Crippen LogP contribution in [0.1, 0.15) is 0 Å². The molecule has 0 amide bonds. The highest BCUT2D eigenvalue weighted by Crippen LogP contribution is 2.35. The fourth-order valence-electron chi connectivity index (χ4n) is 1.32. The van der Waals surface area contributed by atoms with Gasteiger partial charge in [-0.2, -0.15) is 0 Å². The average molecular weight is 290 g/mol. The number of rotatable bonds is 2. The van der Waals surface area contributed by atoms with Gasteiger partial charge in [0.1, 0.15) is 17.3 Å². The first kappa shape index (κ1) is 12.9. The summed E-state index contributed by atoms with van der Waals surface area (Å²) in [6, 6.07) is 6.13. The van der Waals surface area contributed by atoms with E-state index in [0.29, 0.717) is 11.1 Å². The molecule has 2 aromatic carbocycles. The maximum Gasteiger partial charge on any atom is 0.156 e. The second-order valence-electron chi connectivity index (χ2n) is 3.48. The van der Waals surface area contributed by atoms with E-state index in [1.165, 1.54) is 12.1 Å². The summed E-state index contributed by atoms with van der Waals surface area (Å²) < 4.78 is 31.5. The molecule has 0 aliphatic carbocycles. The quantitative estimate of drug-likeness (QED) is 0.817. The SMILES string of the molecule is Nc1c(F)cc(F)cc1Oc1cc(Cl)ccc1Cl. The van der Waals surface area contributed by atoms with Crippen molar-refractivity contribution < 1.29 is 13.5 Å². The Hall–Kier alpha value is -1.52. The second-order valence-corrected chi connectivity index (χ2v) is 4.32. The van der Waals surface area contributed by atoms with Gasteiger partial charge in [0, 0.05) is 23.2 Å². The van der Waals surface area contributed by atoms with Gasteiger partial charge in [-0.05, 0) is 12.1 Å². The Morgan fingerprint density at radius 1 is 1.00 bits per heavy atom. The van der Waals surface area contributed by atoms with Crippen LogP contribution in [0, 0.1) is 11.6 Å². The van der Waals surface area contributed by atoms with Crippen LogP contribution in [0.5, 0.6) is 11.5 Å². The molecule has 0 radical (unpaired) electrons. The minimum atomic E-state index is -0.900. The number of halogens is 4. The van der Waals surface area contributed by atoms with E-state index in [1.807, 2.05) is 0 Å². The summed E-state index contributed by atoms with van der Waals surface area (Å²) in [5, 5.41) is 0.633. The van der Waals surface area contributed by atoms with Crippen LogP contribution in [0.15, 0.2) is 30.3 Å². The molecule has 2 N–H and O–H groups in total. The Morgan fingerprint density at radius 2 is 1.72 bits per heavy atom. The minimum absolute atomic E-state index is 0.156. The zero-order valence-electron chi connectivity index (χ0n) is 8.88. The van der Waals surface area contributed by atoms with Gasteiger partial charge in [-0.3, -0.25) is 0 Å². The van der Waals surface area contributed by atoms with Crippen LogP contribution in [0.25, 0.3) is 0 Å². The molecule has 6 heteroatoms. The Bertz CT molecular complexity index is 605. The molecule has 0 saturated heterocycles. The predicted molar refractivity (Wildman–Crippen MR) is 67.3 cm³/mol. The number of nitrogens with two attached hydrogens (primary N) is 1. The van der Waals surface area contributed by atoms with Gasteiger partial charge < -0.3 is 10.5 Å². The first-order valence-corrected chi connectivity index (χ1v) is 5.60. The summed E-state index contributed by atoms with van der Waals surface area (Å²) in [7, 11) is 0. The number of ether oxygens (including phenoxy) is 1. The molecule has 0 fully saturated rings. The summed E-state index contributed by atoms with van der Waals surface area (Å²) in [6.07, 6.45) is 0. The maximum atomic E-state index is 13.2. The minimum Gasteiger partial charge on any atom is -0.453 e. The molecule has 2 aromatic rings. The van der Waals surface area contributed by atoms with E-state index in [9.17, 15) is 8.78 Å². The van der Waals surface area contributed by atoms with Crippen LogP contribution in [0.2, 0.25) is 10.0 Å². The molecule has 0 bridgehead atoms. The van der Waals surface area contributed by atoms with Crippen molar-refractivity contribution >= 4 is 28.9 Å². The van der Waals surface area contributed by atoms with Crippen molar-refractivity contribution in [2.75, 3.05) is 5.73 Å². The zero-order valence-corrected chi connectivity index (χ0v) is 10.4. The monoisotopic (exact) mass is 289 g/mol. The number of nitrogen functional groups attached to an aromatic ring is 1. The molecular weight excluding hydrogens is 283 g/mol. The first-order chi connectivity index (χ1) is 8.47. The fraction of sp³-hybridized carbons (Fsp3) is 0.